The minimum atomic E-state index is 0.0554. The van der Waals surface area contributed by atoms with Gasteiger partial charge in [0, 0.05) is 61.6 Å². The summed E-state index contributed by atoms with van der Waals surface area (Å²) in [6.07, 6.45) is 0. The van der Waals surface area contributed by atoms with E-state index in [4.69, 9.17) is 4.98 Å². The molecule has 70 heavy (non-hydrogen) atoms. The van der Waals surface area contributed by atoms with Gasteiger partial charge in [-0.1, -0.05) is 176 Å². The molecule has 0 saturated carbocycles. The van der Waals surface area contributed by atoms with Gasteiger partial charge >= 0.3 is 0 Å². The van der Waals surface area contributed by atoms with Gasteiger partial charge < -0.3 is 14.4 Å². The van der Waals surface area contributed by atoms with Gasteiger partial charge in [-0.05, 0) is 118 Å². The molecule has 14 rings (SSSR count). The zero-order chi connectivity index (χ0) is 46.1. The molecule has 2 aliphatic rings. The molecule has 0 unspecified atom stereocenters. The average molecular weight is 891 g/mol. The molecule has 0 aliphatic carbocycles. The fourth-order valence-corrected chi connectivity index (χ4v) is 11.3. The van der Waals surface area contributed by atoms with Crippen LogP contribution in [0.1, 0.15) is 0 Å². The standard InChI is InChI=1S/C65H43BN4/c1-5-21-44(22-6-1)56-40-48(41-57(67-56)45-23-7-2-8-24-45)51-29-13-17-33-58(51)70-59-34-18-14-30-52(59)53-39-46(37-38-60(53)70)47-42-63-65-64(43-47)69(50-27-11-4-12-28-50)62-36-20-16-32-55(62)66(65)54-31-15-19-35-61(54)68(63)49-25-9-3-10-26-49/h1-43H. The molecular formula is C65H43BN4. The predicted molar refractivity (Wildman–Crippen MR) is 294 cm³/mol. The van der Waals surface area contributed by atoms with Crippen molar-refractivity contribution in [1.82, 2.24) is 9.55 Å². The third-order valence-electron chi connectivity index (χ3n) is 14.3. The fourth-order valence-electron chi connectivity index (χ4n) is 11.3. The van der Waals surface area contributed by atoms with Crippen LogP contribution in [0.25, 0.3) is 72.3 Å². The summed E-state index contributed by atoms with van der Waals surface area (Å²) in [7, 11) is 0. The second-order valence-corrected chi connectivity index (χ2v) is 18.3. The first-order valence-corrected chi connectivity index (χ1v) is 24.1. The van der Waals surface area contributed by atoms with E-state index in [2.05, 4.69) is 275 Å². The van der Waals surface area contributed by atoms with Gasteiger partial charge in [-0.15, -0.1) is 0 Å². The van der Waals surface area contributed by atoms with Gasteiger partial charge in [-0.25, -0.2) is 4.98 Å². The molecule has 12 aromatic rings. The van der Waals surface area contributed by atoms with Crippen LogP contribution in [0.5, 0.6) is 0 Å². The number of anilines is 6. The van der Waals surface area contributed by atoms with Crippen LogP contribution in [0.4, 0.5) is 34.1 Å². The quantitative estimate of drug-likeness (QED) is 0.149. The number of aromatic nitrogens is 2. The summed E-state index contributed by atoms with van der Waals surface area (Å²) < 4.78 is 2.46. The summed E-state index contributed by atoms with van der Waals surface area (Å²) in [5.41, 5.74) is 23.0. The zero-order valence-electron chi connectivity index (χ0n) is 38.2. The van der Waals surface area contributed by atoms with Crippen LogP contribution < -0.4 is 26.2 Å². The molecule has 0 saturated heterocycles. The minimum absolute atomic E-state index is 0.0554. The Labute approximate surface area is 407 Å². The first kappa shape index (κ1) is 39.9. The Morgan fingerprint density at radius 1 is 0.300 bits per heavy atom. The number of benzene rings is 10. The lowest BCUT2D eigenvalue weighted by Gasteiger charge is -2.44. The number of rotatable bonds is 7. The Bertz CT molecular complexity index is 3790. The van der Waals surface area contributed by atoms with Crippen molar-refractivity contribution in [1.29, 1.82) is 0 Å². The molecule has 5 heteroatoms. The van der Waals surface area contributed by atoms with E-state index in [1.165, 1.54) is 49.9 Å². The molecule has 0 fully saturated rings. The van der Waals surface area contributed by atoms with E-state index in [9.17, 15) is 0 Å². The maximum Gasteiger partial charge on any atom is 0.252 e. The molecular weight excluding hydrogens is 848 g/mol. The highest BCUT2D eigenvalue weighted by molar-refractivity contribution is 7.00. The van der Waals surface area contributed by atoms with Crippen LogP contribution >= 0.6 is 0 Å². The highest BCUT2D eigenvalue weighted by Gasteiger charge is 2.43. The van der Waals surface area contributed by atoms with Crippen LogP contribution in [0.2, 0.25) is 0 Å². The molecule has 2 aromatic heterocycles. The summed E-state index contributed by atoms with van der Waals surface area (Å²) >= 11 is 0. The molecule has 0 radical (unpaired) electrons. The van der Waals surface area contributed by atoms with Crippen molar-refractivity contribution in [2.24, 2.45) is 0 Å². The molecule has 0 atom stereocenters. The summed E-state index contributed by atoms with van der Waals surface area (Å²) in [5, 5.41) is 2.41. The largest absolute Gasteiger partial charge is 0.311 e. The SMILES string of the molecule is c1ccc(-c2cc(-c3ccccc3-n3c4ccccc4c4cc(-c5cc6c7c(c5)N(c5ccccc5)c5ccccc5B7c5ccccc5N6c5ccccc5)ccc43)cc(-c3ccccc3)n2)cc1. The van der Waals surface area contributed by atoms with Crippen LogP contribution in [0.15, 0.2) is 261 Å². The second kappa shape index (κ2) is 16.3. The molecule has 4 nitrogen and oxygen atoms in total. The molecule has 0 N–H and O–H groups in total. The van der Waals surface area contributed by atoms with E-state index in [1.54, 1.807) is 0 Å². The molecule has 0 amide bonds. The Kier molecular flexibility index (Phi) is 9.27. The number of hydrogen-bond donors (Lipinski definition) is 0. The first-order valence-electron chi connectivity index (χ1n) is 24.1. The number of nitrogens with zero attached hydrogens (tertiary/aromatic N) is 4. The van der Waals surface area contributed by atoms with Crippen molar-refractivity contribution < 1.29 is 0 Å². The van der Waals surface area contributed by atoms with Gasteiger partial charge in [0.25, 0.3) is 6.71 Å². The van der Waals surface area contributed by atoms with E-state index >= 15 is 0 Å². The van der Waals surface area contributed by atoms with Crippen molar-refractivity contribution in [2.45, 2.75) is 0 Å². The molecule has 0 spiro atoms. The summed E-state index contributed by atoms with van der Waals surface area (Å²) in [6, 6.07) is 94.9. The Hall–Kier alpha value is -9.19. The Morgan fingerprint density at radius 3 is 1.36 bits per heavy atom. The molecule has 10 aromatic carbocycles. The molecule has 4 heterocycles. The van der Waals surface area contributed by atoms with Crippen molar-refractivity contribution in [2.75, 3.05) is 9.80 Å². The third-order valence-corrected chi connectivity index (χ3v) is 14.3. The lowest BCUT2D eigenvalue weighted by atomic mass is 9.33. The second-order valence-electron chi connectivity index (χ2n) is 18.3. The molecule has 0 bridgehead atoms. The topological polar surface area (TPSA) is 24.3 Å². The number of pyridine rings is 1. The minimum Gasteiger partial charge on any atom is -0.311 e. The molecule has 326 valence electrons. The first-order chi connectivity index (χ1) is 34.7. The smallest absolute Gasteiger partial charge is 0.252 e. The van der Waals surface area contributed by atoms with E-state index in [1.807, 2.05) is 0 Å². The van der Waals surface area contributed by atoms with E-state index in [0.29, 0.717) is 0 Å². The normalized spacial score (nSPS) is 12.5. The maximum absolute atomic E-state index is 5.23. The van der Waals surface area contributed by atoms with Crippen LogP contribution in [0.3, 0.4) is 0 Å². The van der Waals surface area contributed by atoms with Gasteiger partial charge in [0.05, 0.1) is 28.1 Å². The highest BCUT2D eigenvalue weighted by atomic mass is 15.2. The molecule has 2 aliphatic heterocycles. The fraction of sp³-hybridized carbons (Fsp3) is 0. The van der Waals surface area contributed by atoms with Crippen LogP contribution in [-0.2, 0) is 0 Å². The number of hydrogen-bond acceptors (Lipinski definition) is 3. The lowest BCUT2D eigenvalue weighted by molar-refractivity contribution is 1.18. The summed E-state index contributed by atoms with van der Waals surface area (Å²) in [4.78, 5) is 10.2. The third kappa shape index (κ3) is 6.36. The lowest BCUT2D eigenvalue weighted by Crippen LogP contribution is -2.61. The van der Waals surface area contributed by atoms with Crippen molar-refractivity contribution >= 4 is 79.0 Å². The van der Waals surface area contributed by atoms with E-state index in [0.717, 1.165) is 72.9 Å². The van der Waals surface area contributed by atoms with Crippen LogP contribution in [0, 0.1) is 0 Å². The maximum atomic E-state index is 5.23. The monoisotopic (exact) mass is 890 g/mol. The van der Waals surface area contributed by atoms with Crippen molar-refractivity contribution in [3.63, 3.8) is 0 Å². The average Bonchev–Trinajstić information content (AvgIpc) is 3.77. The Balaban J connectivity index is 0.990. The highest BCUT2D eigenvalue weighted by Crippen LogP contribution is 2.47. The van der Waals surface area contributed by atoms with Crippen molar-refractivity contribution in [3.05, 3.63) is 261 Å². The zero-order valence-corrected chi connectivity index (χ0v) is 38.2. The summed E-state index contributed by atoms with van der Waals surface area (Å²) in [5.74, 6) is 0. The number of para-hydroxylation sites is 6. The van der Waals surface area contributed by atoms with Gasteiger partial charge in [-0.2, -0.15) is 0 Å². The van der Waals surface area contributed by atoms with Gasteiger partial charge in [-0.3, -0.25) is 0 Å². The van der Waals surface area contributed by atoms with Crippen molar-refractivity contribution in [3.8, 4) is 50.5 Å². The van der Waals surface area contributed by atoms with Crippen LogP contribution in [-0.4, -0.2) is 16.3 Å². The van der Waals surface area contributed by atoms with Gasteiger partial charge in [0.1, 0.15) is 0 Å². The van der Waals surface area contributed by atoms with Gasteiger partial charge in [0.15, 0.2) is 0 Å². The van der Waals surface area contributed by atoms with E-state index < -0.39 is 0 Å². The Morgan fingerprint density at radius 2 is 0.771 bits per heavy atom. The van der Waals surface area contributed by atoms with Gasteiger partial charge in [0.2, 0.25) is 0 Å². The predicted octanol–water partition coefficient (Wildman–Crippen LogP) is 14.9. The summed E-state index contributed by atoms with van der Waals surface area (Å²) in [6.45, 7) is 0.0554. The van der Waals surface area contributed by atoms with E-state index in [-0.39, 0.29) is 6.71 Å². The number of fused-ring (bicyclic) bond motifs is 7.